The van der Waals surface area contributed by atoms with Crippen molar-refractivity contribution in [1.82, 2.24) is 0 Å². The van der Waals surface area contributed by atoms with Crippen LogP contribution in [0.5, 0.6) is 5.75 Å². The SMILES string of the molecule is CCOC(=O)/C=C\c1ccc(OC)cc1F. The third kappa shape index (κ3) is 3.38. The second-order valence-corrected chi connectivity index (χ2v) is 2.97. The Labute approximate surface area is 93.5 Å². The fraction of sp³-hybridized carbons (Fsp3) is 0.250. The summed E-state index contributed by atoms with van der Waals surface area (Å²) in [5.74, 6) is -0.497. The number of ether oxygens (including phenoxy) is 2. The molecule has 0 bridgehead atoms. The van der Waals surface area contributed by atoms with Gasteiger partial charge in [0.2, 0.25) is 0 Å². The van der Waals surface area contributed by atoms with Crippen molar-refractivity contribution < 1.29 is 18.7 Å². The number of methoxy groups -OCH3 is 1. The zero-order chi connectivity index (χ0) is 12.0. The summed E-state index contributed by atoms with van der Waals surface area (Å²) in [5, 5.41) is 0. The Morgan fingerprint density at radius 3 is 2.81 bits per heavy atom. The molecule has 86 valence electrons. The van der Waals surface area contributed by atoms with Gasteiger partial charge in [-0.05, 0) is 25.1 Å². The van der Waals surface area contributed by atoms with E-state index in [0.717, 1.165) is 0 Å². The number of hydrogen-bond acceptors (Lipinski definition) is 3. The van der Waals surface area contributed by atoms with Gasteiger partial charge in [0, 0.05) is 17.7 Å². The molecule has 0 aliphatic rings. The Balaban J connectivity index is 2.78. The Kier molecular flexibility index (Phi) is 4.51. The zero-order valence-corrected chi connectivity index (χ0v) is 9.20. The van der Waals surface area contributed by atoms with Crippen molar-refractivity contribution in [2.75, 3.05) is 13.7 Å². The number of halogens is 1. The maximum absolute atomic E-state index is 13.4. The summed E-state index contributed by atoms with van der Waals surface area (Å²) >= 11 is 0. The van der Waals surface area contributed by atoms with E-state index in [4.69, 9.17) is 4.74 Å². The molecule has 0 aliphatic carbocycles. The highest BCUT2D eigenvalue weighted by atomic mass is 19.1. The van der Waals surface area contributed by atoms with Crippen molar-refractivity contribution in [3.05, 3.63) is 35.7 Å². The summed E-state index contributed by atoms with van der Waals surface area (Å²) in [7, 11) is 1.46. The maximum Gasteiger partial charge on any atom is 0.330 e. The molecule has 4 heteroatoms. The number of carbonyl (C=O) groups excluding carboxylic acids is 1. The normalized spacial score (nSPS) is 10.4. The molecular formula is C12H13FO3. The van der Waals surface area contributed by atoms with E-state index < -0.39 is 11.8 Å². The van der Waals surface area contributed by atoms with Crippen LogP contribution in [-0.4, -0.2) is 19.7 Å². The van der Waals surface area contributed by atoms with Crippen LogP contribution in [-0.2, 0) is 9.53 Å². The van der Waals surface area contributed by atoms with E-state index in [1.165, 1.54) is 31.4 Å². The quantitative estimate of drug-likeness (QED) is 0.582. The molecule has 0 amide bonds. The van der Waals surface area contributed by atoms with Gasteiger partial charge in [0.15, 0.2) is 0 Å². The van der Waals surface area contributed by atoms with Crippen LogP contribution >= 0.6 is 0 Å². The first-order valence-corrected chi connectivity index (χ1v) is 4.85. The molecule has 0 aromatic heterocycles. The highest BCUT2D eigenvalue weighted by Crippen LogP contribution is 2.17. The van der Waals surface area contributed by atoms with Crippen LogP contribution in [0, 0.1) is 5.82 Å². The lowest BCUT2D eigenvalue weighted by atomic mass is 10.2. The average molecular weight is 224 g/mol. The van der Waals surface area contributed by atoms with Crippen LogP contribution in [0.25, 0.3) is 6.08 Å². The van der Waals surface area contributed by atoms with Crippen molar-refractivity contribution in [2.45, 2.75) is 6.92 Å². The number of hydrogen-bond donors (Lipinski definition) is 0. The molecule has 1 rings (SSSR count). The van der Waals surface area contributed by atoms with Crippen molar-refractivity contribution >= 4 is 12.0 Å². The van der Waals surface area contributed by atoms with Gasteiger partial charge < -0.3 is 9.47 Å². The highest BCUT2D eigenvalue weighted by molar-refractivity contribution is 5.87. The standard InChI is InChI=1S/C12H13FO3/c1-3-16-12(14)7-5-9-4-6-10(15-2)8-11(9)13/h4-8H,3H2,1-2H3/b7-5-. The molecule has 0 heterocycles. The van der Waals surface area contributed by atoms with Gasteiger partial charge in [-0.3, -0.25) is 0 Å². The van der Waals surface area contributed by atoms with Gasteiger partial charge in [-0.15, -0.1) is 0 Å². The topological polar surface area (TPSA) is 35.5 Å². The van der Waals surface area contributed by atoms with E-state index in [1.807, 2.05) is 0 Å². The molecule has 0 aliphatic heterocycles. The molecule has 16 heavy (non-hydrogen) atoms. The largest absolute Gasteiger partial charge is 0.497 e. The first-order chi connectivity index (χ1) is 7.67. The van der Waals surface area contributed by atoms with Crippen molar-refractivity contribution in [3.63, 3.8) is 0 Å². The number of esters is 1. The van der Waals surface area contributed by atoms with E-state index in [9.17, 15) is 9.18 Å². The molecular weight excluding hydrogens is 211 g/mol. The minimum absolute atomic E-state index is 0.300. The molecule has 0 saturated carbocycles. The fourth-order valence-electron chi connectivity index (χ4n) is 1.12. The van der Waals surface area contributed by atoms with Crippen LogP contribution in [0.2, 0.25) is 0 Å². The zero-order valence-electron chi connectivity index (χ0n) is 9.20. The Hall–Kier alpha value is -1.84. The van der Waals surface area contributed by atoms with Gasteiger partial charge in [0.1, 0.15) is 11.6 Å². The van der Waals surface area contributed by atoms with Crippen LogP contribution < -0.4 is 4.74 Å². The molecule has 0 N–H and O–H groups in total. The molecule has 1 aromatic carbocycles. The predicted molar refractivity (Wildman–Crippen MR) is 58.6 cm³/mol. The Morgan fingerprint density at radius 2 is 2.25 bits per heavy atom. The monoisotopic (exact) mass is 224 g/mol. The minimum atomic E-state index is -0.488. The van der Waals surface area contributed by atoms with Crippen molar-refractivity contribution in [3.8, 4) is 5.75 Å². The molecule has 0 spiro atoms. The molecule has 0 atom stereocenters. The third-order valence-corrected chi connectivity index (χ3v) is 1.89. The molecule has 0 fully saturated rings. The van der Waals surface area contributed by atoms with Gasteiger partial charge >= 0.3 is 5.97 Å². The van der Waals surface area contributed by atoms with Gasteiger partial charge in [0.05, 0.1) is 13.7 Å². The third-order valence-electron chi connectivity index (χ3n) is 1.89. The van der Waals surface area contributed by atoms with E-state index in [2.05, 4.69) is 4.74 Å². The van der Waals surface area contributed by atoms with Crippen molar-refractivity contribution in [2.24, 2.45) is 0 Å². The smallest absolute Gasteiger partial charge is 0.330 e. The van der Waals surface area contributed by atoms with Crippen LogP contribution in [0.3, 0.4) is 0 Å². The maximum atomic E-state index is 13.4. The summed E-state index contributed by atoms with van der Waals surface area (Å²) in [4.78, 5) is 11.0. The number of rotatable bonds is 4. The lowest BCUT2D eigenvalue weighted by Crippen LogP contribution is -1.98. The summed E-state index contributed by atoms with van der Waals surface area (Å²) in [5.41, 5.74) is 0.314. The summed E-state index contributed by atoms with van der Waals surface area (Å²) in [6.45, 7) is 2.01. The summed E-state index contributed by atoms with van der Waals surface area (Å²) in [6.07, 6.45) is 2.56. The van der Waals surface area contributed by atoms with E-state index in [0.29, 0.717) is 17.9 Å². The fourth-order valence-corrected chi connectivity index (χ4v) is 1.12. The Bertz CT molecular complexity index is 399. The summed E-state index contributed by atoms with van der Waals surface area (Å²) in [6, 6.07) is 4.41. The van der Waals surface area contributed by atoms with E-state index in [1.54, 1.807) is 13.0 Å². The molecule has 0 radical (unpaired) electrons. The second kappa shape index (κ2) is 5.90. The second-order valence-electron chi connectivity index (χ2n) is 2.97. The van der Waals surface area contributed by atoms with Gasteiger partial charge in [-0.2, -0.15) is 0 Å². The van der Waals surface area contributed by atoms with Crippen LogP contribution in [0.4, 0.5) is 4.39 Å². The minimum Gasteiger partial charge on any atom is -0.497 e. The van der Waals surface area contributed by atoms with Gasteiger partial charge in [0.25, 0.3) is 0 Å². The summed E-state index contributed by atoms with van der Waals surface area (Å²) < 4.78 is 22.9. The lowest BCUT2D eigenvalue weighted by molar-refractivity contribution is -0.137. The van der Waals surface area contributed by atoms with E-state index in [-0.39, 0.29) is 0 Å². The lowest BCUT2D eigenvalue weighted by Gasteiger charge is -2.01. The van der Waals surface area contributed by atoms with Gasteiger partial charge in [-0.1, -0.05) is 0 Å². The number of benzene rings is 1. The highest BCUT2D eigenvalue weighted by Gasteiger charge is 2.01. The average Bonchev–Trinajstić information content (AvgIpc) is 2.27. The Morgan fingerprint density at radius 1 is 1.50 bits per heavy atom. The predicted octanol–water partition coefficient (Wildman–Crippen LogP) is 2.41. The molecule has 0 unspecified atom stereocenters. The first kappa shape index (κ1) is 12.2. The van der Waals surface area contributed by atoms with E-state index >= 15 is 0 Å². The first-order valence-electron chi connectivity index (χ1n) is 4.85. The molecule has 1 aromatic rings. The van der Waals surface area contributed by atoms with Crippen LogP contribution in [0.1, 0.15) is 12.5 Å². The molecule has 3 nitrogen and oxygen atoms in total. The van der Waals surface area contributed by atoms with Crippen LogP contribution in [0.15, 0.2) is 24.3 Å². The van der Waals surface area contributed by atoms with Gasteiger partial charge in [-0.25, -0.2) is 9.18 Å². The molecule has 0 saturated heterocycles. The van der Waals surface area contributed by atoms with Crippen molar-refractivity contribution in [1.29, 1.82) is 0 Å². The number of carbonyl (C=O) groups is 1.